The van der Waals surface area contributed by atoms with Gasteiger partial charge in [-0.15, -0.1) is 11.3 Å². The predicted octanol–water partition coefficient (Wildman–Crippen LogP) is 5.04. The molecule has 0 radical (unpaired) electrons. The summed E-state index contributed by atoms with van der Waals surface area (Å²) in [7, 11) is -4.23. The number of hydrogen-bond acceptors (Lipinski definition) is 7. The van der Waals surface area contributed by atoms with Gasteiger partial charge in [0.1, 0.15) is 10.9 Å². The van der Waals surface area contributed by atoms with Gasteiger partial charge in [0.2, 0.25) is 15.9 Å². The van der Waals surface area contributed by atoms with Gasteiger partial charge in [-0.25, -0.2) is 13.4 Å². The first kappa shape index (κ1) is 32.3. The summed E-state index contributed by atoms with van der Waals surface area (Å²) >= 11 is 1.43. The summed E-state index contributed by atoms with van der Waals surface area (Å²) in [5, 5.41) is 13.3. The zero-order valence-corrected chi connectivity index (χ0v) is 26.9. The number of nitrogens with one attached hydrogen (secondary N) is 2. The molecule has 2 aliphatic heterocycles. The number of carboxylic acids is 1. The van der Waals surface area contributed by atoms with Crippen molar-refractivity contribution in [1.29, 1.82) is 0 Å². The second-order valence-corrected chi connectivity index (χ2v) is 15.1. The average molecular weight is 645 g/mol. The number of aliphatic carboxylic acids is 1. The minimum atomic E-state index is -4.23. The first-order chi connectivity index (χ1) is 21.0. The van der Waals surface area contributed by atoms with E-state index < -0.39 is 22.0 Å². The van der Waals surface area contributed by atoms with E-state index in [0.29, 0.717) is 73.4 Å². The quantitative estimate of drug-likeness (QED) is 0.252. The highest BCUT2D eigenvalue weighted by atomic mass is 32.2. The lowest BCUT2D eigenvalue weighted by atomic mass is 9.85. The SMILES string of the molecule is CC(C)[C@H]1CNc2c(cc(CCC(=O)O)cc2S(=O)(=O)N[C@@H](Cc2nc3ccccc3s2)C(=O)N2CCC(CCF)CC2)C1. The van der Waals surface area contributed by atoms with Crippen LogP contribution in [0.5, 0.6) is 0 Å². The van der Waals surface area contributed by atoms with Crippen molar-refractivity contribution in [2.45, 2.75) is 69.7 Å². The molecule has 238 valence electrons. The van der Waals surface area contributed by atoms with Crippen molar-refractivity contribution in [1.82, 2.24) is 14.6 Å². The summed E-state index contributed by atoms with van der Waals surface area (Å²) in [6.07, 6.45) is 2.66. The molecule has 1 aromatic heterocycles. The van der Waals surface area contributed by atoms with E-state index in [1.807, 2.05) is 30.3 Å². The summed E-state index contributed by atoms with van der Waals surface area (Å²) in [6, 6.07) is 9.97. The number of sulfonamides is 1. The second-order valence-electron chi connectivity index (χ2n) is 12.3. The molecule has 0 unspecified atom stereocenters. The van der Waals surface area contributed by atoms with Crippen LogP contribution in [0.15, 0.2) is 41.3 Å². The Bertz CT molecular complexity index is 1570. The Morgan fingerprint density at radius 3 is 2.64 bits per heavy atom. The molecule has 3 heterocycles. The molecule has 3 aromatic rings. The fourth-order valence-corrected chi connectivity index (χ4v) is 8.67. The number of halogens is 1. The number of carboxylic acid groups (broad SMARTS) is 1. The molecule has 1 saturated heterocycles. The summed E-state index contributed by atoms with van der Waals surface area (Å²) < 4.78 is 45.1. The molecule has 2 aliphatic rings. The van der Waals surface area contributed by atoms with Gasteiger partial charge in [-0.05, 0) is 79.2 Å². The Balaban J connectivity index is 1.47. The summed E-state index contributed by atoms with van der Waals surface area (Å²) in [5.74, 6) is -0.393. The van der Waals surface area contributed by atoms with E-state index in [1.165, 1.54) is 17.4 Å². The van der Waals surface area contributed by atoms with Gasteiger partial charge < -0.3 is 15.3 Å². The normalized spacial score (nSPS) is 18.3. The van der Waals surface area contributed by atoms with E-state index in [0.717, 1.165) is 15.8 Å². The lowest BCUT2D eigenvalue weighted by Gasteiger charge is -2.34. The molecular weight excluding hydrogens is 604 g/mol. The van der Waals surface area contributed by atoms with Crippen molar-refractivity contribution in [3.05, 3.63) is 52.5 Å². The lowest BCUT2D eigenvalue weighted by Crippen LogP contribution is -2.51. The highest BCUT2D eigenvalue weighted by Gasteiger charge is 2.35. The maximum Gasteiger partial charge on any atom is 0.303 e. The fourth-order valence-electron chi connectivity index (χ4n) is 6.19. The number of aromatic nitrogens is 1. The molecule has 1 amide bonds. The van der Waals surface area contributed by atoms with Crippen LogP contribution in [-0.4, -0.2) is 67.6 Å². The smallest absolute Gasteiger partial charge is 0.303 e. The van der Waals surface area contributed by atoms with Crippen molar-refractivity contribution < 1.29 is 27.5 Å². The molecule has 44 heavy (non-hydrogen) atoms. The van der Waals surface area contributed by atoms with Crippen LogP contribution in [0.4, 0.5) is 10.1 Å². The van der Waals surface area contributed by atoms with Gasteiger partial charge in [-0.3, -0.25) is 14.0 Å². The van der Waals surface area contributed by atoms with Gasteiger partial charge in [0.25, 0.3) is 0 Å². The standard InChI is InChI=1S/C32H41FN4O5S2/c1-20(2)24-17-23-15-22(7-8-30(38)39)16-28(31(23)34-19-24)44(41,42)36-26(18-29-35-25-5-3-4-6-27(25)43-29)32(40)37-13-10-21(9-12-33)11-14-37/h3-6,15-16,20-21,24,26,34,36H,7-14,17-19H2,1-2H3,(H,38,39)/t24-,26+/m1/s1. The molecule has 9 nitrogen and oxygen atoms in total. The van der Waals surface area contributed by atoms with Gasteiger partial charge >= 0.3 is 5.97 Å². The maximum absolute atomic E-state index is 14.2. The van der Waals surface area contributed by atoms with Crippen LogP contribution < -0.4 is 10.0 Å². The van der Waals surface area contributed by atoms with Gasteiger partial charge in [0.05, 0.1) is 27.6 Å². The topological polar surface area (TPSA) is 129 Å². The average Bonchev–Trinajstić information content (AvgIpc) is 3.41. The van der Waals surface area contributed by atoms with Crippen LogP contribution in [0.2, 0.25) is 0 Å². The summed E-state index contributed by atoms with van der Waals surface area (Å²) in [5.41, 5.74) is 2.76. The maximum atomic E-state index is 14.2. The molecule has 0 spiro atoms. The van der Waals surface area contributed by atoms with Gasteiger partial charge in [-0.1, -0.05) is 32.0 Å². The molecular formula is C32H41FN4O5S2. The third-order valence-corrected chi connectivity index (χ3v) is 11.4. The number of nitrogens with zero attached hydrogens (tertiary/aromatic N) is 2. The van der Waals surface area contributed by atoms with E-state index >= 15 is 0 Å². The number of amides is 1. The predicted molar refractivity (Wildman–Crippen MR) is 170 cm³/mol. The van der Waals surface area contributed by atoms with Crippen LogP contribution in [0.25, 0.3) is 10.2 Å². The van der Waals surface area contributed by atoms with Gasteiger partial charge in [0, 0.05) is 32.5 Å². The zero-order valence-electron chi connectivity index (χ0n) is 25.2. The third-order valence-electron chi connectivity index (χ3n) is 8.88. The van der Waals surface area contributed by atoms with E-state index in [-0.39, 0.29) is 42.7 Å². The number of carbonyl (C=O) groups excluding carboxylic acids is 1. The van der Waals surface area contributed by atoms with E-state index in [1.54, 1.807) is 4.90 Å². The number of para-hydroxylation sites is 1. The molecule has 2 aromatic carbocycles. The van der Waals surface area contributed by atoms with Crippen LogP contribution in [0.3, 0.4) is 0 Å². The number of thiazole rings is 1. The number of piperidine rings is 1. The minimum Gasteiger partial charge on any atom is -0.481 e. The molecule has 0 bridgehead atoms. The third kappa shape index (κ3) is 7.58. The molecule has 0 aliphatic carbocycles. The Hall–Kier alpha value is -3.09. The van der Waals surface area contributed by atoms with Crippen LogP contribution in [-0.2, 0) is 38.9 Å². The van der Waals surface area contributed by atoms with E-state index in [9.17, 15) is 27.5 Å². The van der Waals surface area contributed by atoms with Crippen molar-refractivity contribution in [2.75, 3.05) is 31.6 Å². The van der Waals surface area contributed by atoms with Crippen LogP contribution >= 0.6 is 11.3 Å². The number of aryl methyl sites for hydroxylation is 1. The van der Waals surface area contributed by atoms with Gasteiger partial charge in [0.15, 0.2) is 0 Å². The highest BCUT2D eigenvalue weighted by Crippen LogP contribution is 2.36. The number of carbonyl (C=O) groups is 2. The highest BCUT2D eigenvalue weighted by molar-refractivity contribution is 7.89. The number of fused-ring (bicyclic) bond motifs is 2. The number of anilines is 1. The monoisotopic (exact) mass is 644 g/mol. The van der Waals surface area contributed by atoms with E-state index in [4.69, 9.17) is 0 Å². The Kier molecular flexibility index (Phi) is 10.2. The largest absolute Gasteiger partial charge is 0.481 e. The number of rotatable bonds is 12. The molecule has 5 rings (SSSR count). The van der Waals surface area contributed by atoms with Crippen LogP contribution in [0, 0.1) is 17.8 Å². The molecule has 1 fully saturated rings. The number of benzene rings is 2. The summed E-state index contributed by atoms with van der Waals surface area (Å²) in [4.78, 5) is 31.7. The summed E-state index contributed by atoms with van der Waals surface area (Å²) in [6.45, 7) is 5.37. The van der Waals surface area contributed by atoms with Crippen LogP contribution in [0.1, 0.15) is 55.7 Å². The van der Waals surface area contributed by atoms with E-state index in [2.05, 4.69) is 28.9 Å². The molecule has 3 N–H and O–H groups in total. The second kappa shape index (κ2) is 13.9. The minimum absolute atomic E-state index is 0.0290. The number of likely N-dealkylation sites (tertiary alicyclic amines) is 1. The molecule has 12 heteroatoms. The van der Waals surface area contributed by atoms with Crippen molar-refractivity contribution in [3.63, 3.8) is 0 Å². The Labute approximate surface area is 262 Å². The Morgan fingerprint density at radius 2 is 1.95 bits per heavy atom. The number of alkyl halides is 1. The lowest BCUT2D eigenvalue weighted by molar-refractivity contribution is -0.137. The molecule has 2 atom stereocenters. The first-order valence-corrected chi connectivity index (χ1v) is 17.7. The first-order valence-electron chi connectivity index (χ1n) is 15.4. The van der Waals surface area contributed by atoms with Crippen molar-refractivity contribution in [3.8, 4) is 0 Å². The van der Waals surface area contributed by atoms with Crippen molar-refractivity contribution >= 4 is 49.1 Å². The molecule has 0 saturated carbocycles. The zero-order chi connectivity index (χ0) is 31.4. The van der Waals surface area contributed by atoms with Gasteiger partial charge in [-0.2, -0.15) is 4.72 Å². The fraction of sp³-hybridized carbons (Fsp3) is 0.531. The Morgan fingerprint density at radius 1 is 1.20 bits per heavy atom. The van der Waals surface area contributed by atoms with Crippen molar-refractivity contribution in [2.24, 2.45) is 17.8 Å². The number of hydrogen-bond donors (Lipinski definition) is 3.